The van der Waals surface area contributed by atoms with Gasteiger partial charge in [0.25, 0.3) is 0 Å². The van der Waals surface area contributed by atoms with E-state index in [1.165, 1.54) is 19.0 Å². The second kappa shape index (κ2) is 10.2. The summed E-state index contributed by atoms with van der Waals surface area (Å²) < 4.78 is 15.8. The minimum atomic E-state index is -0.784. The van der Waals surface area contributed by atoms with Crippen LogP contribution in [0.4, 0.5) is 10.2 Å². The van der Waals surface area contributed by atoms with E-state index in [-0.39, 0.29) is 5.54 Å². The first-order chi connectivity index (χ1) is 16.4. The van der Waals surface area contributed by atoms with E-state index in [1.807, 2.05) is 6.92 Å². The number of aromatic nitrogens is 3. The fraction of sp³-hybridized carbons (Fsp3) is 0.625. The number of piperidine rings is 1. The van der Waals surface area contributed by atoms with Crippen LogP contribution in [0.3, 0.4) is 0 Å². The van der Waals surface area contributed by atoms with Crippen molar-refractivity contribution >= 4 is 34.4 Å². The lowest BCUT2D eigenvalue weighted by Crippen LogP contribution is -2.46. The third kappa shape index (κ3) is 4.92. The van der Waals surface area contributed by atoms with Crippen molar-refractivity contribution in [1.82, 2.24) is 19.9 Å². The maximum absolute atomic E-state index is 10.7. The summed E-state index contributed by atoms with van der Waals surface area (Å²) in [6.45, 7) is 6.00. The molecule has 0 aromatic carbocycles. The Labute approximate surface area is 205 Å². The maximum Gasteiger partial charge on any atom is 0.319 e. The molecule has 0 aliphatic carbocycles. The van der Waals surface area contributed by atoms with Crippen LogP contribution in [0.5, 0.6) is 6.01 Å². The van der Waals surface area contributed by atoms with Crippen molar-refractivity contribution in [1.29, 1.82) is 0 Å². The third-order valence-electron chi connectivity index (χ3n) is 7.15. The highest BCUT2D eigenvalue weighted by molar-refractivity contribution is 6.30. The first kappa shape index (κ1) is 24.9. The van der Waals surface area contributed by atoms with E-state index in [1.54, 1.807) is 12.1 Å². The molecule has 3 aliphatic heterocycles. The SMILES string of the molecule is CF.C[C@@]1(O)CCCN(c2nc(OCC34CCCN3CCC4)nc3cc(Cl)nc(/C=C\N)c23)C1. The van der Waals surface area contributed by atoms with Crippen molar-refractivity contribution < 1.29 is 14.2 Å². The van der Waals surface area contributed by atoms with Gasteiger partial charge in [-0.05, 0) is 70.8 Å². The molecule has 0 radical (unpaired) electrons. The van der Waals surface area contributed by atoms with Gasteiger partial charge in [-0.15, -0.1) is 0 Å². The summed E-state index contributed by atoms with van der Waals surface area (Å²) in [4.78, 5) is 18.6. The van der Waals surface area contributed by atoms with Gasteiger partial charge in [-0.1, -0.05) is 11.6 Å². The van der Waals surface area contributed by atoms with Gasteiger partial charge in [0.05, 0.1) is 34.9 Å². The van der Waals surface area contributed by atoms with E-state index in [0.717, 1.165) is 50.7 Å². The summed E-state index contributed by atoms with van der Waals surface area (Å²) in [6.07, 6.45) is 9.51. The third-order valence-corrected chi connectivity index (χ3v) is 7.34. The molecular weight excluding hydrogens is 459 g/mol. The van der Waals surface area contributed by atoms with E-state index in [0.29, 0.717) is 48.5 Å². The highest BCUT2D eigenvalue weighted by Gasteiger charge is 2.45. The number of hydrogen-bond acceptors (Lipinski definition) is 8. The summed E-state index contributed by atoms with van der Waals surface area (Å²) in [5.41, 5.74) is 6.28. The lowest BCUT2D eigenvalue weighted by molar-refractivity contribution is 0.0447. The monoisotopic (exact) mass is 492 g/mol. The Bertz CT molecular complexity index is 1040. The van der Waals surface area contributed by atoms with Gasteiger partial charge < -0.3 is 20.5 Å². The van der Waals surface area contributed by atoms with Crippen molar-refractivity contribution in [2.24, 2.45) is 5.73 Å². The van der Waals surface area contributed by atoms with E-state index in [9.17, 15) is 9.50 Å². The van der Waals surface area contributed by atoms with Gasteiger partial charge in [-0.2, -0.15) is 9.97 Å². The van der Waals surface area contributed by atoms with E-state index >= 15 is 0 Å². The number of alkyl halides is 1. The van der Waals surface area contributed by atoms with Crippen LogP contribution < -0.4 is 15.4 Å². The molecule has 2 aromatic heterocycles. The summed E-state index contributed by atoms with van der Waals surface area (Å²) in [5.74, 6) is 0.703. The Morgan fingerprint density at radius 1 is 1.15 bits per heavy atom. The van der Waals surface area contributed by atoms with Crippen molar-refractivity contribution in [3.63, 3.8) is 0 Å². The van der Waals surface area contributed by atoms with E-state index in [2.05, 4.69) is 14.8 Å². The molecule has 0 spiro atoms. The van der Waals surface area contributed by atoms with Crippen LogP contribution in [0.2, 0.25) is 5.15 Å². The molecule has 1 atom stereocenters. The normalized spacial score (nSPS) is 24.3. The highest BCUT2D eigenvalue weighted by atomic mass is 35.5. The first-order valence-corrected chi connectivity index (χ1v) is 12.3. The van der Waals surface area contributed by atoms with Gasteiger partial charge in [-0.3, -0.25) is 9.29 Å². The van der Waals surface area contributed by atoms with Crippen LogP contribution in [-0.2, 0) is 0 Å². The van der Waals surface area contributed by atoms with Gasteiger partial charge in [-0.25, -0.2) is 4.98 Å². The van der Waals surface area contributed by atoms with Crippen molar-refractivity contribution in [2.45, 2.75) is 56.6 Å². The van der Waals surface area contributed by atoms with Crippen LogP contribution >= 0.6 is 11.6 Å². The number of nitrogens with two attached hydrogens (primary N) is 1. The molecule has 0 amide bonds. The Morgan fingerprint density at radius 3 is 2.53 bits per heavy atom. The summed E-state index contributed by atoms with van der Waals surface area (Å²) >= 11 is 6.30. The predicted octanol–water partition coefficient (Wildman–Crippen LogP) is 3.55. The summed E-state index contributed by atoms with van der Waals surface area (Å²) in [7, 11) is 0.500. The fourth-order valence-corrected chi connectivity index (χ4v) is 5.87. The molecule has 0 saturated carbocycles. The van der Waals surface area contributed by atoms with E-state index in [4.69, 9.17) is 32.0 Å². The minimum absolute atomic E-state index is 0.108. The van der Waals surface area contributed by atoms with Gasteiger partial charge in [0.1, 0.15) is 17.6 Å². The second-order valence-electron chi connectivity index (χ2n) is 9.64. The van der Waals surface area contributed by atoms with Crippen LogP contribution in [0.1, 0.15) is 51.1 Å². The zero-order valence-corrected chi connectivity index (χ0v) is 20.7. The molecule has 10 heteroatoms. The molecule has 34 heavy (non-hydrogen) atoms. The van der Waals surface area contributed by atoms with Crippen molar-refractivity contribution in [3.05, 3.63) is 23.1 Å². The number of pyridine rings is 1. The molecule has 3 saturated heterocycles. The number of halogens is 2. The van der Waals surface area contributed by atoms with Gasteiger partial charge in [0.2, 0.25) is 0 Å². The number of fused-ring (bicyclic) bond motifs is 2. The van der Waals surface area contributed by atoms with Crippen molar-refractivity contribution in [2.75, 3.05) is 44.9 Å². The molecule has 0 unspecified atom stereocenters. The Balaban J connectivity index is 0.00000133. The standard InChI is InChI=1S/C23H31ClN6O2.CH3F/c1-22(31)6-2-10-29(14-22)20-19-16(5-9-25)26-18(24)13-17(19)27-21(28-20)32-15-23-7-3-11-30(23)12-4-8-23;1-2/h5,9,13,31H,2-4,6-8,10-12,14-15,25H2,1H3;1H3/b9-5-;/t22-;/m1./s1. The number of anilines is 1. The van der Waals surface area contributed by atoms with Gasteiger partial charge in [0.15, 0.2) is 0 Å². The molecule has 3 fully saturated rings. The first-order valence-electron chi connectivity index (χ1n) is 11.9. The molecule has 0 bridgehead atoms. The number of nitrogens with zero attached hydrogens (tertiary/aromatic N) is 5. The quantitative estimate of drug-likeness (QED) is 0.611. The fourth-order valence-electron chi connectivity index (χ4n) is 5.68. The van der Waals surface area contributed by atoms with Gasteiger partial charge >= 0.3 is 6.01 Å². The Kier molecular flexibility index (Phi) is 7.45. The molecule has 3 aliphatic rings. The van der Waals surface area contributed by atoms with Gasteiger partial charge in [0, 0.05) is 19.2 Å². The average Bonchev–Trinajstić information content (AvgIpc) is 3.38. The molecule has 5 heterocycles. The minimum Gasteiger partial charge on any atom is -0.461 e. The molecule has 186 valence electrons. The number of aliphatic hydroxyl groups is 1. The lowest BCUT2D eigenvalue weighted by atomic mass is 9.95. The van der Waals surface area contributed by atoms with E-state index < -0.39 is 5.60 Å². The van der Waals surface area contributed by atoms with Crippen LogP contribution in [0.25, 0.3) is 17.0 Å². The number of hydrogen-bond donors (Lipinski definition) is 2. The largest absolute Gasteiger partial charge is 0.461 e. The predicted molar refractivity (Wildman–Crippen MR) is 133 cm³/mol. The molecule has 5 rings (SSSR count). The molecule has 2 aromatic rings. The Hall–Kier alpha value is -2.23. The maximum atomic E-state index is 10.7. The number of ether oxygens (including phenoxy) is 1. The zero-order chi connectivity index (χ0) is 24.3. The van der Waals surface area contributed by atoms with Crippen molar-refractivity contribution in [3.8, 4) is 6.01 Å². The zero-order valence-electron chi connectivity index (χ0n) is 19.9. The smallest absolute Gasteiger partial charge is 0.319 e. The topological polar surface area (TPSA) is 101 Å². The number of rotatable bonds is 5. The van der Waals surface area contributed by atoms with Crippen LogP contribution in [0, 0.1) is 0 Å². The highest BCUT2D eigenvalue weighted by Crippen LogP contribution is 2.39. The Morgan fingerprint density at radius 2 is 1.85 bits per heavy atom. The average molecular weight is 493 g/mol. The molecule has 3 N–H and O–H groups in total. The summed E-state index contributed by atoms with van der Waals surface area (Å²) in [6, 6.07) is 2.08. The molecular formula is C24H34ClFN6O2. The second-order valence-corrected chi connectivity index (χ2v) is 10.0. The number of β-amino-alcohol motifs (C(OH)–C–C–N with tert-alkyl or cyclic N) is 1. The lowest BCUT2D eigenvalue weighted by Gasteiger charge is -2.38. The molecule has 8 nitrogen and oxygen atoms in total. The summed E-state index contributed by atoms with van der Waals surface area (Å²) in [5, 5.41) is 11.8. The van der Waals surface area contributed by atoms with Crippen LogP contribution in [0.15, 0.2) is 12.3 Å². The van der Waals surface area contributed by atoms with Crippen LogP contribution in [-0.4, -0.2) is 76.1 Å².